The van der Waals surface area contributed by atoms with E-state index in [0.29, 0.717) is 5.56 Å². The molecular formula is C37H24N2. The monoisotopic (exact) mass is 496 g/mol. The molecule has 0 N–H and O–H groups in total. The molecule has 7 rings (SSSR count). The number of nitrogens with zero attached hydrogens (tertiary/aromatic N) is 2. The summed E-state index contributed by atoms with van der Waals surface area (Å²) in [6, 6.07) is 53.3. The van der Waals surface area contributed by atoms with Gasteiger partial charge in [0.05, 0.1) is 22.7 Å². The van der Waals surface area contributed by atoms with Gasteiger partial charge in [0.1, 0.15) is 0 Å². The molecule has 0 atom stereocenters. The van der Waals surface area contributed by atoms with Gasteiger partial charge in [-0.25, -0.2) is 0 Å². The van der Waals surface area contributed by atoms with E-state index < -0.39 is 0 Å². The Hall–Kier alpha value is -5.39. The predicted molar refractivity (Wildman–Crippen MR) is 162 cm³/mol. The van der Waals surface area contributed by atoms with E-state index in [9.17, 15) is 0 Å². The number of fused-ring (bicyclic) bond motifs is 3. The molecule has 0 fully saturated rings. The summed E-state index contributed by atoms with van der Waals surface area (Å²) >= 11 is 0. The zero-order valence-corrected chi connectivity index (χ0v) is 21.3. The Kier molecular flexibility index (Phi) is 5.54. The third kappa shape index (κ3) is 4.07. The van der Waals surface area contributed by atoms with Crippen molar-refractivity contribution in [2.75, 3.05) is 0 Å². The molecule has 39 heavy (non-hydrogen) atoms. The molecule has 1 heterocycles. The van der Waals surface area contributed by atoms with Crippen LogP contribution in [0, 0.1) is 11.3 Å². The van der Waals surface area contributed by atoms with E-state index in [1.54, 1.807) is 0 Å². The third-order valence-corrected chi connectivity index (χ3v) is 7.45. The summed E-state index contributed by atoms with van der Waals surface area (Å²) in [6.45, 7) is 0. The number of rotatable bonds is 4. The first-order chi connectivity index (χ1) is 19.3. The maximum Gasteiger partial charge on any atom is 0.0991 e. The molecule has 182 valence electrons. The van der Waals surface area contributed by atoms with Crippen LogP contribution in [-0.4, -0.2) is 4.57 Å². The predicted octanol–water partition coefficient (Wildman–Crippen LogP) is 9.66. The van der Waals surface area contributed by atoms with E-state index >= 15 is 0 Å². The van der Waals surface area contributed by atoms with Crippen LogP contribution >= 0.6 is 0 Å². The highest BCUT2D eigenvalue weighted by Crippen LogP contribution is 2.37. The average molecular weight is 497 g/mol. The molecule has 2 heteroatoms. The molecule has 0 spiro atoms. The first-order valence-electron chi connectivity index (χ1n) is 13.1. The molecule has 0 aliphatic heterocycles. The molecular weight excluding hydrogens is 472 g/mol. The Balaban J connectivity index is 1.41. The summed E-state index contributed by atoms with van der Waals surface area (Å²) in [5.74, 6) is 0. The Morgan fingerprint density at radius 1 is 0.410 bits per heavy atom. The standard InChI is InChI=1S/C37H24N2/c38-25-26-11-13-29(14-12-26)30-15-19-33(20-16-30)39-36-21-17-31(27-7-3-1-4-8-27)23-34(36)35-24-32(18-22-37(35)39)28-9-5-2-6-10-28/h1-24H. The fourth-order valence-electron chi connectivity index (χ4n) is 5.46. The summed E-state index contributed by atoms with van der Waals surface area (Å²) in [5, 5.41) is 11.6. The molecule has 0 bridgehead atoms. The molecule has 6 aromatic carbocycles. The van der Waals surface area contributed by atoms with Gasteiger partial charge in [-0.15, -0.1) is 0 Å². The molecule has 0 amide bonds. The largest absolute Gasteiger partial charge is 0.309 e. The van der Waals surface area contributed by atoms with Gasteiger partial charge in [-0.05, 0) is 81.9 Å². The van der Waals surface area contributed by atoms with Gasteiger partial charge < -0.3 is 4.57 Å². The molecule has 0 aliphatic rings. The Morgan fingerprint density at radius 2 is 0.821 bits per heavy atom. The van der Waals surface area contributed by atoms with Crippen LogP contribution in [0.25, 0.3) is 60.9 Å². The van der Waals surface area contributed by atoms with Crippen molar-refractivity contribution in [3.8, 4) is 45.1 Å². The van der Waals surface area contributed by atoms with Gasteiger partial charge in [0.15, 0.2) is 0 Å². The minimum Gasteiger partial charge on any atom is -0.309 e. The van der Waals surface area contributed by atoms with Gasteiger partial charge in [-0.1, -0.05) is 97.1 Å². The lowest BCUT2D eigenvalue weighted by atomic mass is 10.0. The van der Waals surface area contributed by atoms with Gasteiger partial charge in [-0.3, -0.25) is 0 Å². The summed E-state index contributed by atoms with van der Waals surface area (Å²) in [4.78, 5) is 0. The second-order valence-corrected chi connectivity index (χ2v) is 9.77. The van der Waals surface area contributed by atoms with Crippen molar-refractivity contribution in [2.45, 2.75) is 0 Å². The molecule has 2 nitrogen and oxygen atoms in total. The lowest BCUT2D eigenvalue weighted by molar-refractivity contribution is 1.18. The maximum atomic E-state index is 9.13. The van der Waals surface area contributed by atoms with E-state index in [0.717, 1.165) is 16.8 Å². The number of aromatic nitrogens is 1. The minimum atomic E-state index is 0.672. The van der Waals surface area contributed by atoms with E-state index in [2.05, 4.69) is 132 Å². The van der Waals surface area contributed by atoms with Crippen LogP contribution in [-0.2, 0) is 0 Å². The lowest BCUT2D eigenvalue weighted by Crippen LogP contribution is -1.94. The summed E-state index contributed by atoms with van der Waals surface area (Å²) in [5.41, 5.74) is 11.2. The van der Waals surface area contributed by atoms with E-state index in [-0.39, 0.29) is 0 Å². The third-order valence-electron chi connectivity index (χ3n) is 7.45. The Labute approximate surface area is 227 Å². The zero-order valence-electron chi connectivity index (χ0n) is 21.3. The molecule has 0 saturated heterocycles. The zero-order chi connectivity index (χ0) is 26.2. The summed E-state index contributed by atoms with van der Waals surface area (Å²) in [6.07, 6.45) is 0. The Bertz CT molecular complexity index is 1880. The van der Waals surface area contributed by atoms with Crippen molar-refractivity contribution in [3.05, 3.63) is 151 Å². The van der Waals surface area contributed by atoms with E-state index in [4.69, 9.17) is 5.26 Å². The van der Waals surface area contributed by atoms with E-state index in [1.807, 2.05) is 24.3 Å². The smallest absolute Gasteiger partial charge is 0.0991 e. The highest BCUT2D eigenvalue weighted by atomic mass is 15.0. The van der Waals surface area contributed by atoms with Crippen LogP contribution in [0.2, 0.25) is 0 Å². The lowest BCUT2D eigenvalue weighted by Gasteiger charge is -2.10. The van der Waals surface area contributed by atoms with Crippen molar-refractivity contribution < 1.29 is 0 Å². The van der Waals surface area contributed by atoms with Crippen LogP contribution in [0.3, 0.4) is 0 Å². The Morgan fingerprint density at radius 3 is 1.28 bits per heavy atom. The summed E-state index contributed by atoms with van der Waals surface area (Å²) < 4.78 is 2.36. The fraction of sp³-hybridized carbons (Fsp3) is 0. The average Bonchev–Trinajstić information content (AvgIpc) is 3.35. The second kappa shape index (κ2) is 9.49. The minimum absolute atomic E-state index is 0.672. The topological polar surface area (TPSA) is 28.7 Å². The van der Waals surface area contributed by atoms with Crippen molar-refractivity contribution >= 4 is 21.8 Å². The first-order valence-corrected chi connectivity index (χ1v) is 13.1. The first kappa shape index (κ1) is 22.8. The van der Waals surface area contributed by atoms with Crippen molar-refractivity contribution in [3.63, 3.8) is 0 Å². The normalized spacial score (nSPS) is 11.1. The summed E-state index contributed by atoms with van der Waals surface area (Å²) in [7, 11) is 0. The van der Waals surface area contributed by atoms with Crippen LogP contribution < -0.4 is 0 Å². The van der Waals surface area contributed by atoms with Crippen LogP contribution in [0.5, 0.6) is 0 Å². The van der Waals surface area contributed by atoms with Gasteiger partial charge in [0.2, 0.25) is 0 Å². The van der Waals surface area contributed by atoms with Crippen LogP contribution in [0.1, 0.15) is 5.56 Å². The number of hydrogen-bond donors (Lipinski definition) is 0. The van der Waals surface area contributed by atoms with Gasteiger partial charge >= 0.3 is 0 Å². The van der Waals surface area contributed by atoms with Crippen molar-refractivity contribution in [1.29, 1.82) is 5.26 Å². The van der Waals surface area contributed by atoms with Crippen molar-refractivity contribution in [1.82, 2.24) is 4.57 Å². The molecule has 1 aromatic heterocycles. The highest BCUT2D eigenvalue weighted by Gasteiger charge is 2.15. The number of benzene rings is 6. The molecule has 0 unspecified atom stereocenters. The number of nitriles is 1. The molecule has 0 aliphatic carbocycles. The quantitative estimate of drug-likeness (QED) is 0.238. The van der Waals surface area contributed by atoms with Crippen LogP contribution in [0.4, 0.5) is 0 Å². The molecule has 7 aromatic rings. The van der Waals surface area contributed by atoms with Gasteiger partial charge in [0, 0.05) is 16.5 Å². The second-order valence-electron chi connectivity index (χ2n) is 9.77. The van der Waals surface area contributed by atoms with Crippen LogP contribution in [0.15, 0.2) is 146 Å². The maximum absolute atomic E-state index is 9.13. The highest BCUT2D eigenvalue weighted by molar-refractivity contribution is 6.11. The number of hydrogen-bond acceptors (Lipinski definition) is 1. The SMILES string of the molecule is N#Cc1ccc(-c2ccc(-n3c4ccc(-c5ccccc5)cc4c4cc(-c5ccccc5)ccc43)cc2)cc1. The van der Waals surface area contributed by atoms with Gasteiger partial charge in [-0.2, -0.15) is 5.26 Å². The van der Waals surface area contributed by atoms with Gasteiger partial charge in [0.25, 0.3) is 0 Å². The molecule has 0 radical (unpaired) electrons. The van der Waals surface area contributed by atoms with E-state index in [1.165, 1.54) is 44.1 Å². The molecule has 0 saturated carbocycles. The van der Waals surface area contributed by atoms with Crippen molar-refractivity contribution in [2.24, 2.45) is 0 Å². The fourth-order valence-corrected chi connectivity index (χ4v) is 5.46.